The van der Waals surface area contributed by atoms with Crippen LogP contribution in [0.1, 0.15) is 11.3 Å². The molecule has 0 saturated carbocycles. The van der Waals surface area contributed by atoms with Gasteiger partial charge in [0.25, 0.3) is 0 Å². The topological polar surface area (TPSA) is 36.7 Å². The first-order valence-corrected chi connectivity index (χ1v) is 3.80. The van der Waals surface area contributed by atoms with Crippen LogP contribution in [0, 0.1) is 18.3 Å². The van der Waals surface area contributed by atoms with Crippen LogP contribution in [0.5, 0.6) is 0 Å². The highest BCUT2D eigenvalue weighted by molar-refractivity contribution is 5.45. The molecule has 0 saturated heterocycles. The maximum Gasteiger partial charge on any atom is 0.0905 e. The molecule has 0 radical (unpaired) electrons. The Morgan fingerprint density at radius 1 is 1.54 bits per heavy atom. The fraction of sp³-hybridized carbons (Fsp3) is 0.0909. The number of nitriles is 1. The van der Waals surface area contributed by atoms with E-state index in [1.54, 1.807) is 18.3 Å². The van der Waals surface area contributed by atoms with Crippen LogP contribution in [0.3, 0.4) is 0 Å². The summed E-state index contributed by atoms with van der Waals surface area (Å²) in [4.78, 5) is 4.08. The van der Waals surface area contributed by atoms with E-state index in [4.69, 9.17) is 5.26 Å². The van der Waals surface area contributed by atoms with Crippen LogP contribution in [0.25, 0.3) is 6.08 Å². The van der Waals surface area contributed by atoms with Crippen LogP contribution in [-0.4, -0.2) is 4.98 Å². The molecule has 0 bridgehead atoms. The maximum absolute atomic E-state index is 7.51. The summed E-state index contributed by atoms with van der Waals surface area (Å²) in [5, 5.41) is 7.51. The van der Waals surface area contributed by atoms with Crippen molar-refractivity contribution in [1.29, 1.82) is 5.26 Å². The number of nitrogens with zero attached hydrogens (tertiary/aromatic N) is 2. The van der Waals surface area contributed by atoms with Crippen molar-refractivity contribution in [3.8, 4) is 6.07 Å². The molecule has 2 nitrogen and oxygen atoms in total. The molecule has 0 aliphatic carbocycles. The van der Waals surface area contributed by atoms with Crippen molar-refractivity contribution in [2.24, 2.45) is 0 Å². The number of hydrogen-bond acceptors (Lipinski definition) is 2. The second-order valence-corrected chi connectivity index (χ2v) is 2.24. The highest BCUT2D eigenvalue weighted by Crippen LogP contribution is 2.02. The molecule has 0 unspecified atom stereocenters. The Kier molecular flexibility index (Phi) is 5.82. The summed E-state index contributed by atoms with van der Waals surface area (Å²) in [5.41, 5.74) is 2.14. The molecule has 0 aromatic carbocycles. The predicted octanol–water partition coefficient (Wildman–Crippen LogP) is 2.73. The molecule has 0 amide bonds. The fourth-order valence-electron chi connectivity index (χ4n) is 0.712. The van der Waals surface area contributed by atoms with Crippen LogP contribution in [0.2, 0.25) is 0 Å². The quantitative estimate of drug-likeness (QED) is 0.611. The van der Waals surface area contributed by atoms with Crippen molar-refractivity contribution < 1.29 is 0 Å². The maximum atomic E-state index is 7.51. The van der Waals surface area contributed by atoms with Crippen LogP contribution in [0.4, 0.5) is 0 Å². The molecule has 1 rings (SSSR count). The van der Waals surface area contributed by atoms with E-state index >= 15 is 0 Å². The Labute approximate surface area is 78.9 Å². The monoisotopic (exact) mass is 172 g/mol. The highest BCUT2D eigenvalue weighted by Gasteiger charge is 1.88. The van der Waals surface area contributed by atoms with Gasteiger partial charge in [0, 0.05) is 12.3 Å². The van der Waals surface area contributed by atoms with E-state index in [2.05, 4.69) is 18.1 Å². The summed E-state index contributed by atoms with van der Waals surface area (Å²) in [6.07, 6.45) is 4.71. The van der Waals surface area contributed by atoms with Crippen molar-refractivity contribution >= 4 is 6.08 Å². The van der Waals surface area contributed by atoms with E-state index in [0.717, 1.165) is 5.69 Å². The van der Waals surface area contributed by atoms with Gasteiger partial charge in [-0.15, -0.1) is 0 Å². The molecule has 0 N–H and O–H groups in total. The first-order chi connectivity index (χ1) is 6.26. The second-order valence-electron chi connectivity index (χ2n) is 2.24. The summed E-state index contributed by atoms with van der Waals surface area (Å²) < 4.78 is 0. The number of allylic oxidation sites excluding steroid dienone is 1. The van der Waals surface area contributed by atoms with Crippen LogP contribution in [-0.2, 0) is 0 Å². The lowest BCUT2D eigenvalue weighted by Gasteiger charge is -1.94. The van der Waals surface area contributed by atoms with Crippen LogP contribution in [0.15, 0.2) is 37.6 Å². The average Bonchev–Trinajstić information content (AvgIpc) is 2.19. The zero-order chi connectivity index (χ0) is 10.1. The minimum atomic E-state index is 0.970. The smallest absolute Gasteiger partial charge is 0.0905 e. The minimum Gasteiger partial charge on any atom is -0.257 e. The molecule has 2 heteroatoms. The van der Waals surface area contributed by atoms with Gasteiger partial charge in [-0.2, -0.15) is 5.26 Å². The summed E-state index contributed by atoms with van der Waals surface area (Å²) in [6.45, 7) is 8.77. The predicted molar refractivity (Wildman–Crippen MR) is 54.9 cm³/mol. The number of aryl methyl sites for hydroxylation is 1. The van der Waals surface area contributed by atoms with E-state index in [9.17, 15) is 0 Å². The lowest BCUT2D eigenvalue weighted by molar-refractivity contribution is 1.24. The molecule has 66 valence electrons. The minimum absolute atomic E-state index is 0.970. The van der Waals surface area contributed by atoms with Crippen molar-refractivity contribution in [3.05, 3.63) is 48.8 Å². The highest BCUT2D eigenvalue weighted by atomic mass is 14.7. The van der Waals surface area contributed by atoms with Crippen LogP contribution >= 0.6 is 0 Å². The zero-order valence-electron chi connectivity index (χ0n) is 7.70. The number of pyridine rings is 1. The molecule has 1 heterocycles. The number of hydrogen-bond donors (Lipinski definition) is 0. The first kappa shape index (κ1) is 11.1. The molecule has 1 aromatic rings. The van der Waals surface area contributed by atoms with Gasteiger partial charge in [0.05, 0.1) is 11.8 Å². The van der Waals surface area contributed by atoms with Crippen molar-refractivity contribution in [3.63, 3.8) is 0 Å². The van der Waals surface area contributed by atoms with Crippen molar-refractivity contribution in [2.75, 3.05) is 0 Å². The third-order valence-corrected chi connectivity index (χ3v) is 1.33. The largest absolute Gasteiger partial charge is 0.257 e. The molecule has 0 atom stereocenters. The van der Waals surface area contributed by atoms with Crippen molar-refractivity contribution in [1.82, 2.24) is 4.98 Å². The van der Waals surface area contributed by atoms with Gasteiger partial charge in [0.2, 0.25) is 0 Å². The van der Waals surface area contributed by atoms with Gasteiger partial charge < -0.3 is 0 Å². The van der Waals surface area contributed by atoms with Gasteiger partial charge in [0.1, 0.15) is 0 Å². The van der Waals surface area contributed by atoms with Gasteiger partial charge in [-0.05, 0) is 24.6 Å². The van der Waals surface area contributed by atoms with E-state index in [0.29, 0.717) is 0 Å². The fourth-order valence-corrected chi connectivity index (χ4v) is 0.712. The molecule has 0 aliphatic heterocycles. The summed E-state index contributed by atoms with van der Waals surface area (Å²) in [5.74, 6) is 0. The summed E-state index contributed by atoms with van der Waals surface area (Å²) >= 11 is 0. The van der Waals surface area contributed by atoms with Gasteiger partial charge in [-0.25, -0.2) is 0 Å². The summed E-state index contributed by atoms with van der Waals surface area (Å²) in [6, 6.07) is 5.63. The number of rotatable bonds is 1. The molecule has 1 aromatic heterocycles. The molecule has 0 fully saturated rings. The third-order valence-electron chi connectivity index (χ3n) is 1.33. The SMILES string of the molecule is C=CC#N.C=Cc1ncccc1C. The lowest BCUT2D eigenvalue weighted by Crippen LogP contribution is -1.82. The molecule has 13 heavy (non-hydrogen) atoms. The molecular weight excluding hydrogens is 160 g/mol. The zero-order valence-corrected chi connectivity index (χ0v) is 7.70. The third kappa shape index (κ3) is 4.54. The standard InChI is InChI=1S/C8H9N.C3H3N/c1-3-8-7(2)5-4-6-9-8;1-2-3-4/h3-6H,1H2,2H3;2H,1H2. The molecular formula is C11H12N2. The molecule has 0 aliphatic rings. The Bertz CT molecular complexity index is 321. The van der Waals surface area contributed by atoms with Gasteiger partial charge >= 0.3 is 0 Å². The molecule has 0 spiro atoms. The van der Waals surface area contributed by atoms with E-state index in [-0.39, 0.29) is 0 Å². The van der Waals surface area contributed by atoms with Crippen LogP contribution < -0.4 is 0 Å². The van der Waals surface area contributed by atoms with E-state index < -0.39 is 0 Å². The Morgan fingerprint density at radius 2 is 2.15 bits per heavy atom. The summed E-state index contributed by atoms with van der Waals surface area (Å²) in [7, 11) is 0. The lowest BCUT2D eigenvalue weighted by atomic mass is 10.2. The second kappa shape index (κ2) is 6.81. The number of aromatic nitrogens is 1. The Morgan fingerprint density at radius 3 is 2.46 bits per heavy atom. The normalized spacial score (nSPS) is 7.38. The average molecular weight is 172 g/mol. The van der Waals surface area contributed by atoms with Gasteiger partial charge in [-0.3, -0.25) is 4.98 Å². The van der Waals surface area contributed by atoms with Crippen molar-refractivity contribution in [2.45, 2.75) is 6.92 Å². The Hall–Kier alpha value is -1.88. The van der Waals surface area contributed by atoms with Gasteiger partial charge in [0.15, 0.2) is 0 Å². The van der Waals surface area contributed by atoms with E-state index in [1.807, 2.05) is 19.1 Å². The van der Waals surface area contributed by atoms with Gasteiger partial charge in [-0.1, -0.05) is 19.2 Å². The van der Waals surface area contributed by atoms with E-state index in [1.165, 1.54) is 11.6 Å². The Balaban J connectivity index is 0.000000310. The first-order valence-electron chi connectivity index (χ1n) is 3.80.